The fourth-order valence-corrected chi connectivity index (χ4v) is 22.6. The summed E-state index contributed by atoms with van der Waals surface area (Å²) in [5.41, 5.74) is 31.6. The van der Waals surface area contributed by atoms with Gasteiger partial charge in [0.1, 0.15) is 10.6 Å². The highest BCUT2D eigenvalue weighted by atomic mass is 32.2. The van der Waals surface area contributed by atoms with E-state index in [4.69, 9.17) is 9.41 Å². The van der Waals surface area contributed by atoms with Crippen LogP contribution in [0.1, 0.15) is 53.6 Å². The summed E-state index contributed by atoms with van der Waals surface area (Å²) in [6.07, 6.45) is 18.2. The molecule has 0 saturated carbocycles. The maximum absolute atomic E-state index is 14.3. The lowest BCUT2D eigenvalue weighted by atomic mass is 9.86. The van der Waals surface area contributed by atoms with Gasteiger partial charge in [-0.2, -0.15) is 0 Å². The van der Waals surface area contributed by atoms with Gasteiger partial charge in [-0.3, -0.25) is 9.38 Å². The zero-order valence-corrected chi connectivity index (χ0v) is 80.4. The molecule has 0 N–H and O–H groups in total. The average molecular weight is 1860 g/mol. The SMILES string of the molecule is CCN(C)c1cc2oc(=O)c(C3=NC4(C)C=CC=CC4S3)cc2cc1-c1ccc(-c2ccc(CCCF)c3cc(-c4ccc5c(-c6ccc(-c7ccc(N(c8ccccc8)c8ccc(/C=C/c9ccc(-c%10ccc(/C=C/c%11ccc(N(c%12ccccc%12)c%12ccc(-c%13ccc(-c%14cccc%15ccccc%14%15)c%14ccccc%13%14)cc%12)cc%11)cc%10)cc9)cc8)cc7)c7ccccc67)cccc5c4)ccc23)c2ccccc12. The van der Waals surface area contributed by atoms with E-state index in [9.17, 15) is 9.18 Å². The lowest BCUT2D eigenvalue weighted by Gasteiger charge is -2.26. The van der Waals surface area contributed by atoms with Gasteiger partial charge >= 0.3 is 5.63 Å². The number of aliphatic imine (C=N–C) groups is 1. The topological polar surface area (TPSA) is 52.3 Å². The van der Waals surface area contributed by atoms with Crippen LogP contribution in [-0.4, -0.2) is 36.1 Å². The van der Waals surface area contributed by atoms with Gasteiger partial charge in [-0.1, -0.05) is 400 Å². The van der Waals surface area contributed by atoms with E-state index >= 15 is 0 Å². The molecule has 1 aliphatic carbocycles. The number of rotatable bonds is 24. The minimum Gasteiger partial charge on any atom is -0.422 e. The molecule has 143 heavy (non-hydrogen) atoms. The van der Waals surface area contributed by atoms with E-state index in [0.29, 0.717) is 29.0 Å². The van der Waals surface area contributed by atoms with Crippen LogP contribution in [0.5, 0.6) is 0 Å². The van der Waals surface area contributed by atoms with Gasteiger partial charge in [-0.05, 0) is 300 Å². The van der Waals surface area contributed by atoms with Crippen LogP contribution in [-0.2, 0) is 6.42 Å². The van der Waals surface area contributed by atoms with Gasteiger partial charge in [0, 0.05) is 70.4 Å². The van der Waals surface area contributed by atoms with Crippen molar-refractivity contribution in [2.24, 2.45) is 4.99 Å². The monoisotopic (exact) mass is 1860 g/mol. The number of thioether (sulfide) groups is 1. The number of anilines is 7. The van der Waals surface area contributed by atoms with Gasteiger partial charge < -0.3 is 19.1 Å². The quantitative estimate of drug-likeness (QED) is 0.0444. The number of nitrogens with zero attached hydrogens (tertiary/aromatic N) is 4. The van der Waals surface area contributed by atoms with Crippen molar-refractivity contribution < 1.29 is 8.81 Å². The van der Waals surface area contributed by atoms with Crippen LogP contribution in [0.4, 0.5) is 44.2 Å². The molecule has 2 unspecified atom stereocenters. The maximum atomic E-state index is 14.3. The summed E-state index contributed by atoms with van der Waals surface area (Å²) in [6, 6.07) is 161. The highest BCUT2D eigenvalue weighted by Crippen LogP contribution is 2.50. The van der Waals surface area contributed by atoms with E-state index in [1.54, 1.807) is 11.8 Å². The van der Waals surface area contributed by atoms with Gasteiger partial charge in [0.25, 0.3) is 0 Å². The minimum absolute atomic E-state index is 0.102. The van der Waals surface area contributed by atoms with Crippen molar-refractivity contribution >= 4 is 157 Å². The summed E-state index contributed by atoms with van der Waals surface area (Å²) < 4.78 is 20.5. The van der Waals surface area contributed by atoms with E-state index in [0.717, 1.165) is 145 Å². The largest absolute Gasteiger partial charge is 0.422 e. The number of alkyl halides is 1. The van der Waals surface area contributed by atoms with Crippen molar-refractivity contribution in [2.75, 3.05) is 35.0 Å². The Balaban J connectivity index is 0.444. The highest BCUT2D eigenvalue weighted by molar-refractivity contribution is 8.15. The van der Waals surface area contributed by atoms with Crippen molar-refractivity contribution in [2.45, 2.75) is 37.5 Å². The molecule has 0 amide bonds. The van der Waals surface area contributed by atoms with Crippen LogP contribution in [0, 0.1) is 0 Å². The number of fused-ring (bicyclic) bond motifs is 8. The molecule has 22 aromatic rings. The maximum Gasteiger partial charge on any atom is 0.346 e. The Bertz CT molecular complexity index is 8910. The summed E-state index contributed by atoms with van der Waals surface area (Å²) in [4.78, 5) is 25.8. The molecule has 0 spiro atoms. The van der Waals surface area contributed by atoms with E-state index < -0.39 is 12.2 Å². The average Bonchev–Trinajstić information content (AvgIpc) is 0.967. The van der Waals surface area contributed by atoms with Crippen LogP contribution < -0.4 is 20.3 Å². The first kappa shape index (κ1) is 88.4. The number of benzene rings is 21. The molecule has 684 valence electrons. The summed E-state index contributed by atoms with van der Waals surface area (Å²) in [5.74, 6) is 0. The molecule has 2 atom stereocenters. The summed E-state index contributed by atoms with van der Waals surface area (Å²) in [6.45, 7) is 4.60. The molecule has 0 bridgehead atoms. The molecule has 0 fully saturated rings. The second-order valence-electron chi connectivity index (χ2n) is 37.5. The lowest BCUT2D eigenvalue weighted by molar-refractivity contribution is 0.473. The Morgan fingerprint density at radius 2 is 0.699 bits per heavy atom. The minimum atomic E-state index is -0.430. The molecule has 8 heteroatoms. The van der Waals surface area contributed by atoms with Gasteiger partial charge in [0.05, 0.1) is 23.0 Å². The van der Waals surface area contributed by atoms with Crippen molar-refractivity contribution in [3.8, 4) is 89.0 Å². The lowest BCUT2D eigenvalue weighted by Crippen LogP contribution is -2.29. The third-order valence-electron chi connectivity index (χ3n) is 28.9. The summed E-state index contributed by atoms with van der Waals surface area (Å²) in [7, 11) is 2.08. The number of hydrogen-bond acceptors (Lipinski definition) is 7. The molecule has 21 aromatic carbocycles. The van der Waals surface area contributed by atoms with Crippen LogP contribution in [0.3, 0.4) is 0 Å². The summed E-state index contributed by atoms with van der Waals surface area (Å²) >= 11 is 1.61. The molecule has 1 aromatic heterocycles. The van der Waals surface area contributed by atoms with Crippen molar-refractivity contribution in [1.29, 1.82) is 0 Å². The molecule has 0 saturated heterocycles. The Hall–Kier alpha value is -17.3. The third kappa shape index (κ3) is 17.1. The van der Waals surface area contributed by atoms with Gasteiger partial charge in [0.2, 0.25) is 0 Å². The predicted octanol–water partition coefficient (Wildman–Crippen LogP) is 36.4. The zero-order chi connectivity index (χ0) is 96.0. The summed E-state index contributed by atoms with van der Waals surface area (Å²) in [5, 5.41) is 15.8. The van der Waals surface area contributed by atoms with E-state index in [-0.39, 0.29) is 10.9 Å². The number of para-hydroxylation sites is 2. The molecule has 6 nitrogen and oxygen atoms in total. The first-order chi connectivity index (χ1) is 70.4. The molecular formula is C135H99FN4O2S. The standard InChI is InChI=1S/C135H99FN4O2S/c1-4-138(3)130-88-131-102(87-129(134(141)142-131)133-137-135(2)82-20-19-41-132(135)143-133)86-128(130)126-81-80-124(119-37-17-18-38-120(119)126)121-74-62-96(27-23-83-136)127-85-100(64-75-125(121)127)99-63-73-112-101(84-99)26-22-40-116(112)123-79-77-111(114-34-14-16-36-118(114)123)98-60-71-108(72-61-98)140(104-30-9-6-10-31-104)106-67-52-92(53-68-106)45-43-90-48-56-94(57-49-90)93-54-46-89(47-55-93)42-44-91-50-65-105(66-51-91)139(103-28-7-5-8-29-103)107-69-58-97(59-70-107)110-76-78-122(117-35-15-13-33-113(110)117)115-39-21-25-95-24-11-12-32-109(95)115/h5-22,24-26,28-82,84-88,132H,4,23,27,83H2,1-3H3/b44-42+,45-43+. The fraction of sp³-hybridized carbons (Fsp3) is 0.0667. The smallest absolute Gasteiger partial charge is 0.346 e. The highest BCUT2D eigenvalue weighted by Gasteiger charge is 2.40. The van der Waals surface area contributed by atoms with Crippen molar-refractivity contribution in [1.82, 2.24) is 0 Å². The number of allylic oxidation sites excluding steroid dienone is 2. The van der Waals surface area contributed by atoms with Crippen LogP contribution in [0.15, 0.2) is 481 Å². The van der Waals surface area contributed by atoms with Crippen molar-refractivity contribution in [3.05, 3.63) is 511 Å². The molecule has 1 aliphatic heterocycles. The normalized spacial score (nSPS) is 14.0. The zero-order valence-electron chi connectivity index (χ0n) is 79.6. The first-order valence-corrected chi connectivity index (χ1v) is 50.2. The molecular weight excluding hydrogens is 1760 g/mol. The second-order valence-corrected chi connectivity index (χ2v) is 38.7. The Kier molecular flexibility index (Phi) is 23.6. The first-order valence-electron chi connectivity index (χ1n) is 49.3. The van der Waals surface area contributed by atoms with Crippen LogP contribution in [0.2, 0.25) is 0 Å². The number of hydrogen-bond donors (Lipinski definition) is 0. The second kappa shape index (κ2) is 38.1. The number of aryl methyl sites for hydroxylation is 1. The third-order valence-corrected chi connectivity index (χ3v) is 30.3. The van der Waals surface area contributed by atoms with Crippen LogP contribution >= 0.6 is 11.8 Å². The predicted molar refractivity (Wildman–Crippen MR) is 609 cm³/mol. The van der Waals surface area contributed by atoms with Gasteiger partial charge in [-0.15, -0.1) is 0 Å². The van der Waals surface area contributed by atoms with Crippen molar-refractivity contribution in [3.63, 3.8) is 0 Å². The van der Waals surface area contributed by atoms with E-state index in [2.05, 4.69) is 509 Å². The van der Waals surface area contributed by atoms with Gasteiger partial charge in [0.15, 0.2) is 0 Å². The molecule has 24 rings (SSSR count). The molecule has 2 heterocycles. The Morgan fingerprint density at radius 3 is 1.19 bits per heavy atom. The van der Waals surface area contributed by atoms with E-state index in [1.807, 2.05) is 18.2 Å². The number of halogens is 1. The molecule has 2 aliphatic rings. The van der Waals surface area contributed by atoms with Crippen LogP contribution in [0.25, 0.3) is 189 Å². The Morgan fingerprint density at radius 1 is 0.329 bits per heavy atom. The molecule has 0 radical (unpaired) electrons. The fourth-order valence-electron chi connectivity index (χ4n) is 21.3. The Labute approximate surface area is 836 Å². The van der Waals surface area contributed by atoms with Gasteiger partial charge in [-0.25, -0.2) is 4.79 Å². The van der Waals surface area contributed by atoms with E-state index in [1.165, 1.54) is 87.8 Å².